The van der Waals surface area contributed by atoms with Gasteiger partial charge in [-0.3, -0.25) is 28.8 Å². The monoisotopic (exact) mass is 1050 g/mol. The zero-order valence-electron chi connectivity index (χ0n) is 43.8. The van der Waals surface area contributed by atoms with E-state index in [9.17, 15) is 38.7 Å². The number of aliphatic hydroxyl groups is 1. The van der Waals surface area contributed by atoms with Crippen LogP contribution in [0, 0.1) is 18.3 Å². The maximum absolute atomic E-state index is 14.3. The molecule has 2 aromatic carbocycles. The highest BCUT2D eigenvalue weighted by atomic mass is 35.5. The van der Waals surface area contributed by atoms with Gasteiger partial charge in [-0.15, -0.1) is 11.3 Å². The van der Waals surface area contributed by atoms with Crippen LogP contribution in [0.5, 0.6) is 5.75 Å². The molecule has 2 saturated heterocycles. The summed E-state index contributed by atoms with van der Waals surface area (Å²) in [6, 6.07) is 8.31. The van der Waals surface area contributed by atoms with Crippen molar-refractivity contribution >= 4 is 64.5 Å². The lowest BCUT2D eigenvalue weighted by Crippen LogP contribution is -2.57. The van der Waals surface area contributed by atoms with E-state index in [2.05, 4.69) is 26.3 Å². The van der Waals surface area contributed by atoms with Crippen molar-refractivity contribution in [3.63, 3.8) is 0 Å². The molecule has 73 heavy (non-hydrogen) atoms. The number of benzene rings is 2. The predicted molar refractivity (Wildman–Crippen MR) is 279 cm³/mol. The summed E-state index contributed by atoms with van der Waals surface area (Å²) in [4.78, 5) is 102. The largest absolute Gasteiger partial charge is 0.490 e. The highest BCUT2D eigenvalue weighted by Crippen LogP contribution is 2.32. The molecule has 7 amide bonds. The second-order valence-corrected chi connectivity index (χ2v) is 22.8. The minimum Gasteiger partial charge on any atom is -0.490 e. The second-order valence-electron chi connectivity index (χ2n) is 21.5. The molecule has 18 nitrogen and oxygen atoms in total. The Hall–Kier alpha value is -5.79. The highest BCUT2D eigenvalue weighted by molar-refractivity contribution is 7.13. The zero-order valence-corrected chi connectivity index (χ0v) is 45.4. The molecule has 0 radical (unpaired) electrons. The number of alkyl carbamates (subject to hydrolysis) is 1. The lowest BCUT2D eigenvalue weighted by atomic mass is 9.85. The third-order valence-corrected chi connectivity index (χ3v) is 14.3. The fourth-order valence-corrected chi connectivity index (χ4v) is 10.1. The van der Waals surface area contributed by atoms with E-state index in [4.69, 9.17) is 26.8 Å². The first kappa shape index (κ1) is 58.1. The number of ether oxygens (including phenoxy) is 2. The first-order valence-corrected chi connectivity index (χ1v) is 26.4. The number of hydrogen-bond acceptors (Lipinski definition) is 12. The van der Waals surface area contributed by atoms with Crippen molar-refractivity contribution < 1.29 is 48.1 Å². The molecule has 0 spiro atoms. The molecule has 2 aliphatic heterocycles. The van der Waals surface area contributed by atoms with E-state index in [1.165, 1.54) is 9.80 Å². The molecule has 7 atom stereocenters. The number of hydrogen-bond donors (Lipinski definition) is 6. The number of likely N-dealkylation sites (tertiary alicyclic amines) is 2. The number of nitrogens with zero attached hydrogens (tertiary/aromatic N) is 3. The van der Waals surface area contributed by atoms with Gasteiger partial charge in [-0.1, -0.05) is 82.6 Å². The van der Waals surface area contributed by atoms with Gasteiger partial charge in [-0.25, -0.2) is 9.78 Å². The fourth-order valence-electron chi connectivity index (χ4n) is 8.98. The number of aliphatic hydroxyl groups excluding tert-OH is 1. The molecule has 2 fully saturated rings. The number of rotatable bonds is 21. The maximum Gasteiger partial charge on any atom is 0.408 e. The van der Waals surface area contributed by atoms with Crippen molar-refractivity contribution in [3.05, 3.63) is 69.8 Å². The molecular formula is C53H75ClN8O10S. The minimum absolute atomic E-state index is 0.0452. The van der Waals surface area contributed by atoms with E-state index in [0.29, 0.717) is 48.6 Å². The van der Waals surface area contributed by atoms with Crippen LogP contribution in [0.3, 0.4) is 0 Å². The second kappa shape index (κ2) is 25.4. The van der Waals surface area contributed by atoms with Gasteiger partial charge in [-0.05, 0) is 101 Å². The highest BCUT2D eigenvalue weighted by Gasteiger charge is 2.45. The van der Waals surface area contributed by atoms with E-state index in [-0.39, 0.29) is 56.7 Å². The number of aromatic nitrogens is 1. The molecule has 400 valence electrons. The van der Waals surface area contributed by atoms with Gasteiger partial charge in [0.15, 0.2) is 0 Å². The van der Waals surface area contributed by atoms with Crippen LogP contribution in [0.25, 0.3) is 10.4 Å². The Balaban J connectivity index is 1.16. The summed E-state index contributed by atoms with van der Waals surface area (Å²) < 4.78 is 11.5. The third-order valence-electron chi connectivity index (χ3n) is 12.9. The topological polar surface area (TPSA) is 252 Å². The number of thiazole rings is 1. The van der Waals surface area contributed by atoms with Gasteiger partial charge in [-0.2, -0.15) is 0 Å². The summed E-state index contributed by atoms with van der Waals surface area (Å²) in [7, 11) is 0. The predicted octanol–water partition coefficient (Wildman–Crippen LogP) is 6.13. The summed E-state index contributed by atoms with van der Waals surface area (Å²) in [6.07, 6.45) is 0.242. The number of carbonyl (C=O) groups is 7. The van der Waals surface area contributed by atoms with E-state index in [1.54, 1.807) is 69.7 Å². The van der Waals surface area contributed by atoms with Crippen molar-refractivity contribution in [2.45, 2.75) is 169 Å². The number of carbonyl (C=O) groups excluding carboxylic acids is 7. The Kier molecular flexibility index (Phi) is 20.2. The van der Waals surface area contributed by atoms with Gasteiger partial charge in [0.2, 0.25) is 35.4 Å². The quantitative estimate of drug-likeness (QED) is 0.0708. The molecule has 0 aliphatic carbocycles. The Morgan fingerprint density at radius 1 is 0.890 bits per heavy atom. The Morgan fingerprint density at radius 3 is 2.19 bits per heavy atom. The molecule has 7 N–H and O–H groups in total. The Morgan fingerprint density at radius 2 is 1.58 bits per heavy atom. The third kappa shape index (κ3) is 16.4. The molecule has 5 rings (SSSR count). The normalized spacial score (nSPS) is 18.6. The molecule has 4 unspecified atom stereocenters. The standard InChI is InChI=1S/C53H75ClN8O10S/c1-30(2)44(60-51(70)72-53(8,9)10)49(68)61-25-13-16-38(61)47(66)58-36(23-24-41(55)64)28-71-40-17-11-14-34(43(40)54)15-12-18-42(65)59-46(52(5,6)7)50(69)62-27-37(63)26-39(62)48(67)57-31(3)33-19-21-35(22-20-33)45-32(4)56-29-73-45/h11,14,17,19-22,29-31,36-39,44,46,63H,12-13,15-16,18,23-28H2,1-10H3,(H2,55,64)(H,57,67)(H,58,66)(H,59,65)(H,60,70)/t31?,36?,37-,38+,39+,44?,46?/m1/s1. The van der Waals surface area contributed by atoms with Gasteiger partial charge in [0.25, 0.3) is 0 Å². The number of amides is 7. The molecule has 3 heterocycles. The summed E-state index contributed by atoms with van der Waals surface area (Å²) in [5.74, 6) is -2.64. The lowest BCUT2D eigenvalue weighted by molar-refractivity contribution is -0.144. The summed E-state index contributed by atoms with van der Waals surface area (Å²) >= 11 is 8.41. The van der Waals surface area contributed by atoms with Crippen LogP contribution in [0.4, 0.5) is 4.79 Å². The Labute approximate surface area is 438 Å². The van der Waals surface area contributed by atoms with Crippen LogP contribution >= 0.6 is 22.9 Å². The van der Waals surface area contributed by atoms with Crippen LogP contribution in [-0.4, -0.2) is 123 Å². The summed E-state index contributed by atoms with van der Waals surface area (Å²) in [5, 5.41) is 22.6. The van der Waals surface area contributed by atoms with Gasteiger partial charge >= 0.3 is 6.09 Å². The van der Waals surface area contributed by atoms with Crippen molar-refractivity contribution in [1.82, 2.24) is 36.1 Å². The molecular weight excluding hydrogens is 976 g/mol. The number of halogens is 1. The zero-order chi connectivity index (χ0) is 53.9. The Bertz CT molecular complexity index is 2440. The van der Waals surface area contributed by atoms with Crippen molar-refractivity contribution in [2.75, 3.05) is 19.7 Å². The molecule has 20 heteroatoms. The number of nitrogens with one attached hydrogen (secondary N) is 4. The smallest absolute Gasteiger partial charge is 0.408 e. The molecule has 0 saturated carbocycles. The minimum atomic E-state index is -1.00. The number of primary amides is 1. The van der Waals surface area contributed by atoms with E-state index in [0.717, 1.165) is 21.7 Å². The number of nitrogens with two attached hydrogens (primary N) is 1. The van der Waals surface area contributed by atoms with Crippen LogP contribution in [0.1, 0.15) is 130 Å². The van der Waals surface area contributed by atoms with E-state index in [1.807, 2.05) is 58.9 Å². The summed E-state index contributed by atoms with van der Waals surface area (Å²) in [5.41, 5.74) is 9.31. The molecule has 1 aromatic heterocycles. The lowest BCUT2D eigenvalue weighted by Gasteiger charge is -2.35. The molecule has 0 bridgehead atoms. The SMILES string of the molecule is Cc1ncsc1-c1ccc(C(C)NC(=O)[C@@H]2C[C@@H](O)CN2C(=O)C(NC(=O)CCCc2cccc(OCC(CCC(N)=O)NC(=O)[C@@H]3CCCN3C(=O)C(NC(=O)OC(C)(C)C)C(C)C)c2Cl)C(C)(C)C)cc1. The van der Waals surface area contributed by atoms with Crippen LogP contribution < -0.4 is 31.7 Å². The number of aryl methyl sites for hydroxylation is 2. The fraction of sp³-hybridized carbons (Fsp3) is 0.585. The molecule has 3 aromatic rings. The van der Waals surface area contributed by atoms with Gasteiger partial charge in [0.05, 0.1) is 39.3 Å². The summed E-state index contributed by atoms with van der Waals surface area (Å²) in [6.45, 7) is 18.2. The van der Waals surface area contributed by atoms with Crippen LogP contribution in [-0.2, 0) is 39.9 Å². The van der Waals surface area contributed by atoms with Crippen molar-refractivity contribution in [3.8, 4) is 16.2 Å². The maximum atomic E-state index is 14.3. The van der Waals surface area contributed by atoms with Gasteiger partial charge in [0, 0.05) is 32.4 Å². The van der Waals surface area contributed by atoms with E-state index >= 15 is 0 Å². The van der Waals surface area contributed by atoms with Crippen LogP contribution in [0.15, 0.2) is 48.0 Å². The molecule has 2 aliphatic rings. The first-order valence-electron chi connectivity index (χ1n) is 25.1. The number of β-amino-alcohol motifs (C(OH)–C–C–N with tert-alkyl or cyclic N) is 1. The average molecular weight is 1050 g/mol. The van der Waals surface area contributed by atoms with Crippen LogP contribution in [0.2, 0.25) is 5.02 Å². The first-order chi connectivity index (χ1) is 34.2. The van der Waals surface area contributed by atoms with E-state index < -0.39 is 83.0 Å². The van der Waals surface area contributed by atoms with Gasteiger partial charge < -0.3 is 51.4 Å². The van der Waals surface area contributed by atoms with Crippen molar-refractivity contribution in [1.29, 1.82) is 0 Å². The van der Waals surface area contributed by atoms with Crippen molar-refractivity contribution in [2.24, 2.45) is 17.1 Å². The average Bonchev–Trinajstić information content (AvgIpc) is 4.08. The van der Waals surface area contributed by atoms with Gasteiger partial charge in [0.1, 0.15) is 42.1 Å².